The fourth-order valence-corrected chi connectivity index (χ4v) is 5.15. The fraction of sp³-hybridized carbons (Fsp3) is 0.464. The summed E-state index contributed by atoms with van der Waals surface area (Å²) >= 11 is 0. The van der Waals surface area contributed by atoms with Crippen molar-refractivity contribution in [3.05, 3.63) is 41.6 Å². The second kappa shape index (κ2) is 11.3. The van der Waals surface area contributed by atoms with Crippen molar-refractivity contribution in [2.24, 2.45) is 0 Å². The molecule has 0 saturated carbocycles. The topological polar surface area (TPSA) is 109 Å². The molecular formula is C28H35N5O5. The highest BCUT2D eigenvalue weighted by atomic mass is 16.6. The number of nitrogens with zero attached hydrogens (tertiary/aromatic N) is 3. The third-order valence-corrected chi connectivity index (χ3v) is 7.22. The van der Waals surface area contributed by atoms with Crippen molar-refractivity contribution in [1.29, 1.82) is 0 Å². The maximum Gasteiger partial charge on any atom is 0.409 e. The van der Waals surface area contributed by atoms with Gasteiger partial charge in [-0.15, -0.1) is 0 Å². The average molecular weight is 522 g/mol. The zero-order chi connectivity index (χ0) is 26.6. The number of fused-ring (bicyclic) bond motifs is 1. The molecule has 2 aliphatic rings. The predicted octanol–water partition coefficient (Wildman–Crippen LogP) is 3.73. The Kier molecular flexibility index (Phi) is 7.69. The van der Waals surface area contributed by atoms with E-state index in [-0.39, 0.29) is 18.1 Å². The predicted molar refractivity (Wildman–Crippen MR) is 145 cm³/mol. The summed E-state index contributed by atoms with van der Waals surface area (Å²) in [5.74, 6) is 0.651. The van der Waals surface area contributed by atoms with E-state index in [1.54, 1.807) is 18.9 Å². The number of H-pyrrole nitrogens is 1. The first-order valence-corrected chi connectivity index (χ1v) is 13.2. The average Bonchev–Trinajstić information content (AvgIpc) is 3.33. The Morgan fingerprint density at radius 3 is 2.58 bits per heavy atom. The van der Waals surface area contributed by atoms with E-state index in [0.717, 1.165) is 52.0 Å². The van der Waals surface area contributed by atoms with Crippen molar-refractivity contribution in [2.45, 2.75) is 32.8 Å². The van der Waals surface area contributed by atoms with Crippen LogP contribution in [0.25, 0.3) is 22.0 Å². The zero-order valence-corrected chi connectivity index (χ0v) is 22.2. The summed E-state index contributed by atoms with van der Waals surface area (Å²) in [6.45, 7) is 7.78. The molecule has 1 aromatic heterocycles. The van der Waals surface area contributed by atoms with Gasteiger partial charge in [-0.25, -0.2) is 4.79 Å². The molecule has 2 amide bonds. The van der Waals surface area contributed by atoms with Crippen molar-refractivity contribution in [3.63, 3.8) is 0 Å². The van der Waals surface area contributed by atoms with Crippen LogP contribution in [0.1, 0.15) is 35.8 Å². The maximum absolute atomic E-state index is 12.8. The fourth-order valence-electron chi connectivity index (χ4n) is 5.15. The van der Waals surface area contributed by atoms with Crippen molar-refractivity contribution in [1.82, 2.24) is 20.4 Å². The molecule has 202 valence electrons. The highest BCUT2D eigenvalue weighted by molar-refractivity contribution is 6.01. The van der Waals surface area contributed by atoms with E-state index in [1.807, 2.05) is 25.1 Å². The van der Waals surface area contributed by atoms with Gasteiger partial charge in [-0.1, -0.05) is 6.07 Å². The summed E-state index contributed by atoms with van der Waals surface area (Å²) in [5, 5.41) is 11.3. The van der Waals surface area contributed by atoms with Crippen LogP contribution in [0.4, 0.5) is 10.5 Å². The van der Waals surface area contributed by atoms with Gasteiger partial charge in [0.25, 0.3) is 5.91 Å². The number of hydrogen-bond acceptors (Lipinski definition) is 7. The number of amides is 2. The van der Waals surface area contributed by atoms with Gasteiger partial charge in [-0.05, 0) is 49.2 Å². The Balaban J connectivity index is 1.49. The number of aromatic amines is 1. The Bertz CT molecular complexity index is 1310. The molecule has 10 nitrogen and oxygen atoms in total. The van der Waals surface area contributed by atoms with Crippen LogP contribution >= 0.6 is 0 Å². The van der Waals surface area contributed by atoms with E-state index in [0.29, 0.717) is 51.6 Å². The number of carbonyl (C=O) groups is 2. The molecule has 10 heteroatoms. The molecule has 2 fully saturated rings. The van der Waals surface area contributed by atoms with E-state index >= 15 is 0 Å². The second-order valence-electron chi connectivity index (χ2n) is 9.62. The SMILES string of the molecule is CCOC(=O)N1CCN(c2cc(-c3cc(OC4CCOCC4)c4c(C)n[nH]c4c3)ccc2C(=O)NC)CC1. The molecule has 0 atom stereocenters. The lowest BCUT2D eigenvalue weighted by Crippen LogP contribution is -2.49. The molecule has 0 unspecified atom stereocenters. The Morgan fingerprint density at radius 1 is 1.11 bits per heavy atom. The number of aryl methyl sites for hydroxylation is 1. The molecule has 2 aliphatic heterocycles. The highest BCUT2D eigenvalue weighted by Gasteiger charge is 2.26. The van der Waals surface area contributed by atoms with E-state index in [2.05, 4.69) is 32.5 Å². The number of piperazine rings is 1. The van der Waals surface area contributed by atoms with E-state index in [1.165, 1.54) is 0 Å². The van der Waals surface area contributed by atoms with Crippen LogP contribution < -0.4 is 15.0 Å². The van der Waals surface area contributed by atoms with E-state index in [9.17, 15) is 9.59 Å². The molecule has 5 rings (SSSR count). The molecule has 2 saturated heterocycles. The molecule has 0 radical (unpaired) electrons. The van der Waals surface area contributed by atoms with Crippen LogP contribution in [0.2, 0.25) is 0 Å². The normalized spacial score (nSPS) is 16.5. The molecular weight excluding hydrogens is 486 g/mol. The standard InChI is InChI=1S/C28H35N5O5/c1-4-37-28(35)33-11-9-32(10-12-33)24-16-19(5-6-22(24)27(34)29-3)20-15-23-26(18(2)30-31-23)25(17-20)38-21-7-13-36-14-8-21/h5-6,15-17,21H,4,7-14H2,1-3H3,(H,29,34)(H,30,31). The highest BCUT2D eigenvalue weighted by Crippen LogP contribution is 2.37. The number of ether oxygens (including phenoxy) is 3. The summed E-state index contributed by atoms with van der Waals surface area (Å²) < 4.78 is 17.1. The van der Waals surface area contributed by atoms with Crippen LogP contribution in [0.5, 0.6) is 5.75 Å². The molecule has 0 aliphatic carbocycles. The molecule has 2 aromatic carbocycles. The third kappa shape index (κ3) is 5.26. The van der Waals surface area contributed by atoms with Crippen LogP contribution in [-0.4, -0.2) is 86.2 Å². The number of benzene rings is 2. The molecule has 0 bridgehead atoms. The zero-order valence-electron chi connectivity index (χ0n) is 22.2. The van der Waals surface area contributed by atoms with Gasteiger partial charge < -0.3 is 29.3 Å². The van der Waals surface area contributed by atoms with Crippen molar-refractivity contribution in [2.75, 3.05) is 57.9 Å². The first-order valence-electron chi connectivity index (χ1n) is 13.2. The number of hydrogen-bond donors (Lipinski definition) is 2. The summed E-state index contributed by atoms with van der Waals surface area (Å²) in [6, 6.07) is 10.0. The molecule has 3 heterocycles. The van der Waals surface area contributed by atoms with Gasteiger partial charge in [0.05, 0.1) is 47.7 Å². The minimum atomic E-state index is -0.298. The quantitative estimate of drug-likeness (QED) is 0.509. The van der Waals surface area contributed by atoms with Crippen LogP contribution in [0.15, 0.2) is 30.3 Å². The summed E-state index contributed by atoms with van der Waals surface area (Å²) in [6.07, 6.45) is 1.50. The van der Waals surface area contributed by atoms with Gasteiger partial charge in [0.15, 0.2) is 0 Å². The van der Waals surface area contributed by atoms with E-state index < -0.39 is 0 Å². The van der Waals surface area contributed by atoms with Crippen LogP contribution in [0.3, 0.4) is 0 Å². The van der Waals surface area contributed by atoms with Crippen LogP contribution in [0, 0.1) is 6.92 Å². The van der Waals surface area contributed by atoms with Crippen molar-refractivity contribution < 1.29 is 23.8 Å². The first-order chi connectivity index (χ1) is 18.5. The molecule has 3 aromatic rings. The largest absolute Gasteiger partial charge is 0.489 e. The molecule has 38 heavy (non-hydrogen) atoms. The van der Waals surface area contributed by atoms with Crippen LogP contribution in [-0.2, 0) is 9.47 Å². The maximum atomic E-state index is 12.8. The monoisotopic (exact) mass is 521 g/mol. The molecule has 2 N–H and O–H groups in total. The first kappa shape index (κ1) is 25.8. The third-order valence-electron chi connectivity index (χ3n) is 7.22. The van der Waals surface area contributed by atoms with Gasteiger partial charge in [-0.3, -0.25) is 9.89 Å². The lowest BCUT2D eigenvalue weighted by Gasteiger charge is -2.36. The van der Waals surface area contributed by atoms with Gasteiger partial charge in [0.2, 0.25) is 0 Å². The number of carbonyl (C=O) groups excluding carboxylic acids is 2. The summed E-state index contributed by atoms with van der Waals surface area (Å²) in [4.78, 5) is 28.8. The Hall–Kier alpha value is -3.79. The van der Waals surface area contributed by atoms with Gasteiger partial charge in [-0.2, -0.15) is 5.10 Å². The van der Waals surface area contributed by atoms with E-state index in [4.69, 9.17) is 14.2 Å². The Labute approximate surface area is 222 Å². The lowest BCUT2D eigenvalue weighted by molar-refractivity contribution is 0.0262. The smallest absolute Gasteiger partial charge is 0.409 e. The number of rotatable bonds is 6. The Morgan fingerprint density at radius 2 is 1.87 bits per heavy atom. The van der Waals surface area contributed by atoms with Gasteiger partial charge in [0, 0.05) is 46.1 Å². The molecule has 0 spiro atoms. The minimum Gasteiger partial charge on any atom is -0.489 e. The van der Waals surface area contributed by atoms with Crippen molar-refractivity contribution in [3.8, 4) is 16.9 Å². The number of nitrogens with one attached hydrogen (secondary N) is 2. The van der Waals surface area contributed by atoms with Gasteiger partial charge >= 0.3 is 6.09 Å². The van der Waals surface area contributed by atoms with Gasteiger partial charge in [0.1, 0.15) is 11.9 Å². The summed E-state index contributed by atoms with van der Waals surface area (Å²) in [5.41, 5.74) is 5.16. The lowest BCUT2D eigenvalue weighted by atomic mass is 9.99. The number of anilines is 1. The second-order valence-corrected chi connectivity index (χ2v) is 9.62. The number of aromatic nitrogens is 2. The summed E-state index contributed by atoms with van der Waals surface area (Å²) in [7, 11) is 1.63. The van der Waals surface area contributed by atoms with Crippen molar-refractivity contribution >= 4 is 28.6 Å². The minimum absolute atomic E-state index is 0.0957.